The van der Waals surface area contributed by atoms with Crippen LogP contribution in [0.15, 0.2) is 18.2 Å². The van der Waals surface area contributed by atoms with Crippen LogP contribution in [-0.2, 0) is 14.9 Å². The zero-order chi connectivity index (χ0) is 18.8. The molecule has 29 heavy (non-hydrogen) atoms. The average molecular weight is 425 g/mol. The molecule has 3 atom stereocenters. The van der Waals surface area contributed by atoms with Gasteiger partial charge in [-0.3, -0.25) is 0 Å². The van der Waals surface area contributed by atoms with E-state index in [9.17, 15) is 0 Å². The Morgan fingerprint density at radius 3 is 2.72 bits per heavy atom. The third kappa shape index (κ3) is 4.37. The first-order valence-electron chi connectivity index (χ1n) is 10.9. The van der Waals surface area contributed by atoms with Crippen molar-refractivity contribution >= 4 is 12.4 Å². The van der Waals surface area contributed by atoms with Crippen molar-refractivity contribution in [2.24, 2.45) is 5.92 Å². The van der Waals surface area contributed by atoms with Crippen LogP contribution in [0.5, 0.6) is 11.5 Å². The van der Waals surface area contributed by atoms with Crippen molar-refractivity contribution in [3.63, 3.8) is 0 Å². The molecule has 3 heterocycles. The number of ether oxygens (including phenoxy) is 4. The summed E-state index contributed by atoms with van der Waals surface area (Å²) in [6, 6.07) is 7.54. The SMILES string of the molecule is Cl.c1cc2c(cc1C1(CNC3CCCC3C3COCCN3)CCOCC1)OCO2. The summed E-state index contributed by atoms with van der Waals surface area (Å²) in [7, 11) is 0. The van der Waals surface area contributed by atoms with Gasteiger partial charge in [-0.15, -0.1) is 12.4 Å². The summed E-state index contributed by atoms with van der Waals surface area (Å²) in [4.78, 5) is 0. The zero-order valence-electron chi connectivity index (χ0n) is 17.0. The Hall–Kier alpha value is -1.05. The maximum atomic E-state index is 5.74. The predicted octanol–water partition coefficient (Wildman–Crippen LogP) is 2.63. The van der Waals surface area contributed by atoms with Crippen molar-refractivity contribution in [1.29, 1.82) is 0 Å². The fourth-order valence-electron chi connectivity index (χ4n) is 5.47. The van der Waals surface area contributed by atoms with Crippen LogP contribution in [-0.4, -0.2) is 58.4 Å². The number of rotatable bonds is 5. The Labute approximate surface area is 179 Å². The van der Waals surface area contributed by atoms with Crippen LogP contribution in [0.4, 0.5) is 0 Å². The number of morpholine rings is 1. The van der Waals surface area contributed by atoms with Crippen molar-refractivity contribution in [3.8, 4) is 11.5 Å². The van der Waals surface area contributed by atoms with Crippen LogP contribution in [0.25, 0.3) is 0 Å². The minimum Gasteiger partial charge on any atom is -0.454 e. The number of fused-ring (bicyclic) bond motifs is 1. The zero-order valence-corrected chi connectivity index (χ0v) is 17.8. The Bertz CT molecular complexity index is 677. The van der Waals surface area contributed by atoms with E-state index in [1.807, 2.05) is 0 Å². The fraction of sp³-hybridized carbons (Fsp3) is 0.727. The summed E-state index contributed by atoms with van der Waals surface area (Å²) in [6.45, 7) is 5.63. The second-order valence-electron chi connectivity index (χ2n) is 8.68. The molecular weight excluding hydrogens is 392 g/mol. The maximum absolute atomic E-state index is 5.74. The van der Waals surface area contributed by atoms with E-state index in [1.54, 1.807) is 0 Å². The lowest BCUT2D eigenvalue weighted by Crippen LogP contribution is -2.53. The second-order valence-corrected chi connectivity index (χ2v) is 8.68. The van der Waals surface area contributed by atoms with Crippen molar-refractivity contribution in [2.75, 3.05) is 46.3 Å². The standard InChI is InChI=1S/C22H32N2O4.ClH/c1-2-17(19-13-26-11-8-23-19)18(3-1)24-14-22(6-9-25-10-7-22)16-4-5-20-21(12-16)28-15-27-20;/h4-5,12,17-19,23-24H,1-3,6-11,13-15H2;1H. The van der Waals surface area contributed by atoms with Gasteiger partial charge in [0, 0.05) is 43.8 Å². The smallest absolute Gasteiger partial charge is 0.231 e. The summed E-state index contributed by atoms with van der Waals surface area (Å²) in [6.07, 6.45) is 5.94. The summed E-state index contributed by atoms with van der Waals surface area (Å²) >= 11 is 0. The maximum Gasteiger partial charge on any atom is 0.231 e. The van der Waals surface area contributed by atoms with Crippen molar-refractivity contribution in [1.82, 2.24) is 10.6 Å². The van der Waals surface area contributed by atoms with Crippen LogP contribution < -0.4 is 20.1 Å². The Kier molecular flexibility index (Phi) is 6.87. The summed E-state index contributed by atoms with van der Waals surface area (Å²) in [5.74, 6) is 2.40. The van der Waals surface area contributed by atoms with E-state index in [0.717, 1.165) is 63.9 Å². The van der Waals surface area contributed by atoms with Gasteiger partial charge in [-0.2, -0.15) is 0 Å². The molecule has 2 N–H and O–H groups in total. The largest absolute Gasteiger partial charge is 0.454 e. The van der Waals surface area contributed by atoms with Crippen molar-refractivity contribution in [2.45, 2.75) is 49.6 Å². The Morgan fingerprint density at radius 1 is 1.03 bits per heavy atom. The van der Waals surface area contributed by atoms with Gasteiger partial charge in [-0.05, 0) is 49.3 Å². The molecule has 0 radical (unpaired) electrons. The first kappa shape index (κ1) is 21.2. The van der Waals surface area contributed by atoms with E-state index in [4.69, 9.17) is 18.9 Å². The van der Waals surface area contributed by atoms with E-state index < -0.39 is 0 Å². The lowest BCUT2D eigenvalue weighted by molar-refractivity contribution is 0.0418. The van der Waals surface area contributed by atoms with Crippen molar-refractivity contribution in [3.05, 3.63) is 23.8 Å². The second kappa shape index (κ2) is 9.40. The molecule has 1 aromatic rings. The summed E-state index contributed by atoms with van der Waals surface area (Å²) in [5, 5.41) is 7.67. The molecule has 1 saturated carbocycles. The average Bonchev–Trinajstić information content (AvgIpc) is 3.42. The highest BCUT2D eigenvalue weighted by molar-refractivity contribution is 5.85. The van der Waals surface area contributed by atoms with Gasteiger partial charge >= 0.3 is 0 Å². The molecular formula is C22H33ClN2O4. The van der Waals surface area contributed by atoms with Gasteiger partial charge in [0.25, 0.3) is 0 Å². The third-order valence-electron chi connectivity index (χ3n) is 7.17. The van der Waals surface area contributed by atoms with E-state index in [1.165, 1.54) is 24.8 Å². The van der Waals surface area contributed by atoms with Crippen LogP contribution in [0.3, 0.4) is 0 Å². The van der Waals surface area contributed by atoms with Crippen LogP contribution >= 0.6 is 12.4 Å². The number of hydrogen-bond acceptors (Lipinski definition) is 6. The van der Waals surface area contributed by atoms with Gasteiger partial charge in [0.2, 0.25) is 6.79 Å². The molecule has 0 amide bonds. The summed E-state index contributed by atoms with van der Waals surface area (Å²) in [5.41, 5.74) is 1.45. The van der Waals surface area contributed by atoms with Crippen molar-refractivity contribution < 1.29 is 18.9 Å². The topological polar surface area (TPSA) is 61.0 Å². The van der Waals surface area contributed by atoms with E-state index in [-0.39, 0.29) is 17.8 Å². The predicted molar refractivity (Wildman–Crippen MR) is 113 cm³/mol. The molecule has 6 nitrogen and oxygen atoms in total. The van der Waals surface area contributed by atoms with Gasteiger partial charge in [0.05, 0.1) is 13.2 Å². The lowest BCUT2D eigenvalue weighted by Gasteiger charge is -2.40. The molecule has 0 bridgehead atoms. The lowest BCUT2D eigenvalue weighted by atomic mass is 9.73. The molecule has 7 heteroatoms. The molecule has 0 aromatic heterocycles. The fourth-order valence-corrected chi connectivity index (χ4v) is 5.47. The molecule has 3 unspecified atom stereocenters. The highest BCUT2D eigenvalue weighted by Crippen LogP contribution is 2.41. The number of benzene rings is 1. The third-order valence-corrected chi connectivity index (χ3v) is 7.17. The van der Waals surface area contributed by atoms with Crippen LogP contribution in [0.1, 0.15) is 37.7 Å². The number of hydrogen-bond donors (Lipinski definition) is 2. The van der Waals surface area contributed by atoms with E-state index >= 15 is 0 Å². The molecule has 1 aromatic carbocycles. The van der Waals surface area contributed by atoms with Crippen LogP contribution in [0, 0.1) is 5.92 Å². The molecule has 2 saturated heterocycles. The number of halogens is 1. The summed E-state index contributed by atoms with van der Waals surface area (Å²) < 4.78 is 22.6. The quantitative estimate of drug-likeness (QED) is 0.757. The van der Waals surface area contributed by atoms with Gasteiger partial charge in [-0.1, -0.05) is 12.5 Å². The minimum atomic E-state index is 0. The van der Waals surface area contributed by atoms with Gasteiger partial charge in [0.15, 0.2) is 11.5 Å². The van der Waals surface area contributed by atoms with E-state index in [2.05, 4.69) is 28.8 Å². The van der Waals surface area contributed by atoms with E-state index in [0.29, 0.717) is 24.8 Å². The molecule has 5 rings (SSSR count). The molecule has 3 fully saturated rings. The molecule has 4 aliphatic rings. The van der Waals surface area contributed by atoms with Gasteiger partial charge in [0.1, 0.15) is 0 Å². The Morgan fingerprint density at radius 2 is 1.90 bits per heavy atom. The number of nitrogens with one attached hydrogen (secondary N) is 2. The normalized spacial score (nSPS) is 30.7. The molecule has 3 aliphatic heterocycles. The monoisotopic (exact) mass is 424 g/mol. The molecule has 1 aliphatic carbocycles. The highest BCUT2D eigenvalue weighted by atomic mass is 35.5. The first-order valence-corrected chi connectivity index (χ1v) is 10.9. The highest BCUT2D eigenvalue weighted by Gasteiger charge is 2.39. The van der Waals surface area contributed by atoms with Gasteiger partial charge in [-0.25, -0.2) is 0 Å². The Balaban J connectivity index is 0.00000205. The first-order chi connectivity index (χ1) is 13.8. The van der Waals surface area contributed by atoms with Gasteiger partial charge < -0.3 is 29.6 Å². The molecule has 162 valence electrons. The minimum absolute atomic E-state index is 0. The van der Waals surface area contributed by atoms with Crippen LogP contribution in [0.2, 0.25) is 0 Å². The molecule has 0 spiro atoms.